The van der Waals surface area contributed by atoms with Crippen molar-refractivity contribution in [2.24, 2.45) is 0 Å². The van der Waals surface area contributed by atoms with Gasteiger partial charge in [-0.3, -0.25) is 14.5 Å². The first-order valence-electron chi connectivity index (χ1n) is 10.8. The second-order valence-electron chi connectivity index (χ2n) is 7.96. The van der Waals surface area contributed by atoms with Crippen LogP contribution in [0, 0.1) is 0 Å². The van der Waals surface area contributed by atoms with Crippen molar-refractivity contribution in [3.63, 3.8) is 0 Å². The number of rotatable bonds is 5. The second kappa shape index (κ2) is 9.80. The standard InChI is InChI=1S/C23H24F3N3O5/c1-15(21(30)27-16-6-8-17(9-7-16)34-23(24,25)26)28-10-12-29(13-11-28)22(31)20-14-32-18-4-2-3-5-19(18)33-20/h2-9,15,20H,10-14H2,1H3,(H,27,30)/t15-,20+/m1/s1. The van der Waals surface area contributed by atoms with Gasteiger partial charge in [0, 0.05) is 31.9 Å². The molecule has 34 heavy (non-hydrogen) atoms. The summed E-state index contributed by atoms with van der Waals surface area (Å²) in [4.78, 5) is 29.1. The molecule has 2 heterocycles. The Morgan fingerprint density at radius 3 is 2.32 bits per heavy atom. The molecule has 2 aliphatic heterocycles. The normalized spacial score (nSPS) is 19.3. The average molecular weight is 479 g/mol. The summed E-state index contributed by atoms with van der Waals surface area (Å²) >= 11 is 0. The van der Waals surface area contributed by atoms with E-state index < -0.39 is 18.5 Å². The number of anilines is 1. The van der Waals surface area contributed by atoms with Crippen molar-refractivity contribution in [1.29, 1.82) is 0 Å². The molecule has 4 rings (SSSR count). The summed E-state index contributed by atoms with van der Waals surface area (Å²) in [6.07, 6.45) is -5.49. The van der Waals surface area contributed by atoms with Crippen LogP contribution in [0.5, 0.6) is 17.2 Å². The van der Waals surface area contributed by atoms with Crippen LogP contribution in [-0.2, 0) is 9.59 Å². The van der Waals surface area contributed by atoms with E-state index in [9.17, 15) is 22.8 Å². The first kappa shape index (κ1) is 23.7. The molecule has 2 aromatic rings. The summed E-state index contributed by atoms with van der Waals surface area (Å²) in [5.41, 5.74) is 0.356. The van der Waals surface area contributed by atoms with Crippen LogP contribution in [0.1, 0.15) is 6.92 Å². The van der Waals surface area contributed by atoms with E-state index in [2.05, 4.69) is 10.1 Å². The van der Waals surface area contributed by atoms with Crippen molar-refractivity contribution in [1.82, 2.24) is 9.80 Å². The number of carbonyl (C=O) groups is 2. The zero-order valence-electron chi connectivity index (χ0n) is 18.4. The Hall–Kier alpha value is -3.47. The fourth-order valence-corrected chi connectivity index (χ4v) is 3.83. The molecule has 11 heteroatoms. The van der Waals surface area contributed by atoms with Gasteiger partial charge in [-0.1, -0.05) is 12.1 Å². The van der Waals surface area contributed by atoms with Gasteiger partial charge >= 0.3 is 6.36 Å². The second-order valence-corrected chi connectivity index (χ2v) is 7.96. The van der Waals surface area contributed by atoms with Crippen molar-refractivity contribution < 1.29 is 37.0 Å². The molecule has 0 saturated carbocycles. The predicted octanol–water partition coefficient (Wildman–Crippen LogP) is 2.90. The molecule has 0 aliphatic carbocycles. The van der Waals surface area contributed by atoms with Crippen LogP contribution in [0.25, 0.3) is 0 Å². The van der Waals surface area contributed by atoms with Gasteiger partial charge in [0.15, 0.2) is 11.5 Å². The summed E-state index contributed by atoms with van der Waals surface area (Å²) in [7, 11) is 0. The minimum absolute atomic E-state index is 0.141. The largest absolute Gasteiger partial charge is 0.573 e. The van der Waals surface area contributed by atoms with Crippen molar-refractivity contribution in [3.8, 4) is 17.2 Å². The third-order valence-electron chi connectivity index (χ3n) is 5.69. The number of nitrogens with zero attached hydrogens (tertiary/aromatic N) is 2. The molecule has 0 bridgehead atoms. The molecular formula is C23H24F3N3O5. The van der Waals surface area contributed by atoms with Crippen LogP contribution in [-0.4, -0.2) is 72.9 Å². The highest BCUT2D eigenvalue weighted by Gasteiger charge is 2.34. The van der Waals surface area contributed by atoms with E-state index >= 15 is 0 Å². The lowest BCUT2D eigenvalue weighted by molar-refractivity contribution is -0.274. The van der Waals surface area contributed by atoms with Gasteiger partial charge in [-0.15, -0.1) is 13.2 Å². The van der Waals surface area contributed by atoms with Crippen molar-refractivity contribution in [2.75, 3.05) is 38.1 Å². The maximum Gasteiger partial charge on any atom is 0.573 e. The molecule has 2 aliphatic rings. The minimum atomic E-state index is -4.77. The Labute approximate surface area is 194 Å². The van der Waals surface area contributed by atoms with Gasteiger partial charge in [0.1, 0.15) is 12.4 Å². The topological polar surface area (TPSA) is 80.3 Å². The number of fused-ring (bicyclic) bond motifs is 1. The molecule has 2 atom stereocenters. The van der Waals surface area contributed by atoms with E-state index in [-0.39, 0.29) is 24.2 Å². The Morgan fingerprint density at radius 1 is 1.03 bits per heavy atom. The fraction of sp³-hybridized carbons (Fsp3) is 0.391. The maximum atomic E-state index is 12.9. The molecule has 182 valence electrons. The van der Waals surface area contributed by atoms with Crippen LogP contribution in [0.15, 0.2) is 48.5 Å². The van der Waals surface area contributed by atoms with Crippen molar-refractivity contribution in [3.05, 3.63) is 48.5 Å². The van der Waals surface area contributed by atoms with Crippen LogP contribution >= 0.6 is 0 Å². The number of benzene rings is 2. The van der Waals surface area contributed by atoms with E-state index in [1.54, 1.807) is 24.0 Å². The number of hydrogen-bond donors (Lipinski definition) is 1. The summed E-state index contributed by atoms with van der Waals surface area (Å²) in [5.74, 6) is 0.320. The number of nitrogens with one attached hydrogen (secondary N) is 1. The maximum absolute atomic E-state index is 12.9. The summed E-state index contributed by atoms with van der Waals surface area (Å²) < 4.78 is 52.1. The molecule has 0 radical (unpaired) electrons. The predicted molar refractivity (Wildman–Crippen MR) is 116 cm³/mol. The molecule has 1 saturated heterocycles. The lowest BCUT2D eigenvalue weighted by Crippen LogP contribution is -2.57. The van der Waals surface area contributed by atoms with E-state index in [1.807, 2.05) is 17.0 Å². The fourth-order valence-electron chi connectivity index (χ4n) is 3.83. The Kier molecular flexibility index (Phi) is 6.82. The van der Waals surface area contributed by atoms with Crippen molar-refractivity contribution >= 4 is 17.5 Å². The Bertz CT molecular complexity index is 1020. The molecule has 1 fully saturated rings. The number of amides is 2. The lowest BCUT2D eigenvalue weighted by atomic mass is 10.2. The third-order valence-corrected chi connectivity index (χ3v) is 5.69. The molecule has 2 amide bonds. The van der Waals surface area contributed by atoms with Crippen LogP contribution in [0.2, 0.25) is 0 Å². The average Bonchev–Trinajstić information content (AvgIpc) is 2.83. The van der Waals surface area contributed by atoms with Crippen molar-refractivity contribution in [2.45, 2.75) is 25.4 Å². The van der Waals surface area contributed by atoms with E-state index in [1.165, 1.54) is 12.1 Å². The van der Waals surface area contributed by atoms with Gasteiger partial charge in [-0.25, -0.2) is 0 Å². The van der Waals surface area contributed by atoms with Gasteiger partial charge in [0.05, 0.1) is 6.04 Å². The van der Waals surface area contributed by atoms with Gasteiger partial charge in [0.25, 0.3) is 5.91 Å². The number of hydrogen-bond acceptors (Lipinski definition) is 6. The molecule has 1 N–H and O–H groups in total. The molecule has 0 spiro atoms. The van der Waals surface area contributed by atoms with E-state index in [0.717, 1.165) is 12.1 Å². The zero-order valence-corrected chi connectivity index (χ0v) is 18.4. The smallest absolute Gasteiger partial charge is 0.485 e. The van der Waals surface area contributed by atoms with E-state index in [4.69, 9.17) is 9.47 Å². The molecule has 0 aromatic heterocycles. The molecular weight excluding hydrogens is 455 g/mol. The highest BCUT2D eigenvalue weighted by molar-refractivity contribution is 5.94. The SMILES string of the molecule is C[C@H](C(=O)Nc1ccc(OC(F)(F)F)cc1)N1CCN(C(=O)[C@@H]2COc3ccccc3O2)CC1. The highest BCUT2D eigenvalue weighted by atomic mass is 19.4. The number of para-hydroxylation sites is 2. The van der Waals surface area contributed by atoms with Gasteiger partial charge < -0.3 is 24.4 Å². The van der Waals surface area contributed by atoms with Gasteiger partial charge in [-0.05, 0) is 43.3 Å². The first-order valence-corrected chi connectivity index (χ1v) is 10.8. The van der Waals surface area contributed by atoms with Gasteiger partial charge in [0.2, 0.25) is 12.0 Å². The third kappa shape index (κ3) is 5.71. The van der Waals surface area contributed by atoms with Crippen LogP contribution < -0.4 is 19.5 Å². The minimum Gasteiger partial charge on any atom is -0.485 e. The monoisotopic (exact) mass is 479 g/mol. The first-order chi connectivity index (χ1) is 16.2. The van der Waals surface area contributed by atoms with Crippen LogP contribution in [0.4, 0.5) is 18.9 Å². The van der Waals surface area contributed by atoms with E-state index in [0.29, 0.717) is 43.4 Å². The Morgan fingerprint density at radius 2 is 1.68 bits per heavy atom. The molecule has 2 aromatic carbocycles. The number of piperazine rings is 1. The lowest BCUT2D eigenvalue weighted by Gasteiger charge is -2.39. The number of ether oxygens (including phenoxy) is 3. The Balaban J connectivity index is 1.26. The van der Waals surface area contributed by atoms with Gasteiger partial charge in [-0.2, -0.15) is 0 Å². The summed E-state index contributed by atoms with van der Waals surface area (Å²) in [5, 5.41) is 2.69. The number of carbonyl (C=O) groups excluding carboxylic acids is 2. The highest BCUT2D eigenvalue weighted by Crippen LogP contribution is 2.31. The summed E-state index contributed by atoms with van der Waals surface area (Å²) in [6, 6.07) is 11.6. The zero-order chi connectivity index (χ0) is 24.3. The molecule has 8 nitrogen and oxygen atoms in total. The number of halogens is 3. The van der Waals surface area contributed by atoms with Crippen LogP contribution in [0.3, 0.4) is 0 Å². The molecule has 0 unspecified atom stereocenters. The quantitative estimate of drug-likeness (QED) is 0.711. The summed E-state index contributed by atoms with van der Waals surface area (Å²) in [6.45, 7) is 3.72. The number of alkyl halides is 3.